The molecule has 1 amide bonds. The van der Waals surface area contributed by atoms with Crippen molar-refractivity contribution in [3.05, 3.63) is 105 Å². The van der Waals surface area contributed by atoms with E-state index in [9.17, 15) is 20.0 Å². The van der Waals surface area contributed by atoms with Crippen molar-refractivity contribution in [1.29, 1.82) is 0 Å². The van der Waals surface area contributed by atoms with E-state index in [0.29, 0.717) is 28.2 Å². The third-order valence-electron chi connectivity index (χ3n) is 5.61. The minimum absolute atomic E-state index is 0.0928. The molecule has 0 saturated heterocycles. The number of nitro benzene ring substituents is 1. The molecule has 0 aromatic heterocycles. The van der Waals surface area contributed by atoms with Crippen LogP contribution in [-0.2, 0) is 11.3 Å². The van der Waals surface area contributed by atoms with Gasteiger partial charge < -0.3 is 19.5 Å². The fraction of sp³-hybridized carbons (Fsp3) is 0.160. The highest BCUT2D eigenvalue weighted by molar-refractivity contribution is 6.05. The molecule has 8 heteroatoms. The molecule has 8 nitrogen and oxygen atoms in total. The summed E-state index contributed by atoms with van der Waals surface area (Å²) in [5, 5.41) is 22.3. The van der Waals surface area contributed by atoms with E-state index in [-0.39, 0.29) is 18.0 Å². The second-order valence-corrected chi connectivity index (χ2v) is 7.53. The van der Waals surface area contributed by atoms with Crippen LogP contribution in [0.4, 0.5) is 5.69 Å². The van der Waals surface area contributed by atoms with Gasteiger partial charge in [-0.3, -0.25) is 14.9 Å². The predicted octanol–water partition coefficient (Wildman–Crippen LogP) is 4.66. The average molecular weight is 446 g/mol. The van der Waals surface area contributed by atoms with Crippen LogP contribution in [0, 0.1) is 10.1 Å². The highest BCUT2D eigenvalue weighted by Crippen LogP contribution is 2.44. The summed E-state index contributed by atoms with van der Waals surface area (Å²) in [6.45, 7) is 0.194. The largest absolute Gasteiger partial charge is 0.503 e. The van der Waals surface area contributed by atoms with E-state index in [2.05, 4.69) is 0 Å². The van der Waals surface area contributed by atoms with Crippen molar-refractivity contribution in [3.8, 4) is 11.5 Å². The first-order valence-corrected chi connectivity index (χ1v) is 10.2. The Bertz CT molecular complexity index is 1220. The Kier molecular flexibility index (Phi) is 5.99. The molecule has 0 saturated carbocycles. The summed E-state index contributed by atoms with van der Waals surface area (Å²) < 4.78 is 10.4. The SMILES string of the molecule is COc1ccc(CN2C(=O)C(O)=C(c3ccc(OC)cc3)[C@@H]2c2cccc([N+](=O)[O-])c2)cc1. The number of nitrogens with zero attached hydrogens (tertiary/aromatic N) is 2. The summed E-state index contributed by atoms with van der Waals surface area (Å²) in [4.78, 5) is 25.6. The summed E-state index contributed by atoms with van der Waals surface area (Å²) >= 11 is 0. The zero-order valence-corrected chi connectivity index (χ0v) is 18.1. The molecule has 0 aliphatic carbocycles. The Labute approximate surface area is 190 Å². The highest BCUT2D eigenvalue weighted by Gasteiger charge is 2.41. The molecular formula is C25H22N2O6. The van der Waals surface area contributed by atoms with Crippen LogP contribution >= 0.6 is 0 Å². The van der Waals surface area contributed by atoms with Gasteiger partial charge in [0, 0.05) is 24.3 Å². The number of hydrogen-bond acceptors (Lipinski definition) is 6. The predicted molar refractivity (Wildman–Crippen MR) is 122 cm³/mol. The number of nitro groups is 1. The minimum atomic E-state index is -0.715. The third kappa shape index (κ3) is 4.23. The van der Waals surface area contributed by atoms with E-state index in [1.807, 2.05) is 12.1 Å². The van der Waals surface area contributed by atoms with Gasteiger partial charge in [0.25, 0.3) is 11.6 Å². The molecular weight excluding hydrogens is 424 g/mol. The number of carbonyl (C=O) groups is 1. The lowest BCUT2D eigenvalue weighted by Gasteiger charge is -2.27. The van der Waals surface area contributed by atoms with E-state index in [0.717, 1.165) is 5.56 Å². The number of non-ortho nitro benzene ring substituents is 1. The number of aliphatic hydroxyl groups is 1. The number of aliphatic hydroxyl groups excluding tert-OH is 1. The summed E-state index contributed by atoms with van der Waals surface area (Å²) in [5.74, 6) is 0.380. The fourth-order valence-electron chi connectivity index (χ4n) is 3.96. The van der Waals surface area contributed by atoms with Crippen molar-refractivity contribution in [3.63, 3.8) is 0 Å². The Morgan fingerprint density at radius 1 is 0.970 bits per heavy atom. The molecule has 0 bridgehead atoms. The molecule has 1 heterocycles. The van der Waals surface area contributed by atoms with E-state index in [1.165, 1.54) is 17.0 Å². The van der Waals surface area contributed by atoms with Gasteiger partial charge in [-0.1, -0.05) is 36.4 Å². The maximum Gasteiger partial charge on any atom is 0.290 e. The minimum Gasteiger partial charge on any atom is -0.503 e. The number of methoxy groups -OCH3 is 2. The lowest BCUT2D eigenvalue weighted by molar-refractivity contribution is -0.384. The number of carbonyl (C=O) groups excluding carboxylic acids is 1. The van der Waals surface area contributed by atoms with Gasteiger partial charge in [-0.15, -0.1) is 0 Å². The van der Waals surface area contributed by atoms with Crippen molar-refractivity contribution in [1.82, 2.24) is 4.90 Å². The quantitative estimate of drug-likeness (QED) is 0.418. The fourth-order valence-corrected chi connectivity index (χ4v) is 3.96. The zero-order valence-electron chi connectivity index (χ0n) is 18.1. The Morgan fingerprint density at radius 3 is 2.15 bits per heavy atom. The van der Waals surface area contributed by atoms with Gasteiger partial charge in [0.15, 0.2) is 5.76 Å². The van der Waals surface area contributed by atoms with Gasteiger partial charge in [-0.05, 0) is 41.0 Å². The Balaban J connectivity index is 1.80. The molecule has 168 valence electrons. The molecule has 0 spiro atoms. The van der Waals surface area contributed by atoms with E-state index >= 15 is 0 Å². The van der Waals surface area contributed by atoms with Gasteiger partial charge in [0.2, 0.25) is 0 Å². The van der Waals surface area contributed by atoms with Crippen LogP contribution in [0.3, 0.4) is 0 Å². The normalized spacial score (nSPS) is 15.6. The topological polar surface area (TPSA) is 102 Å². The summed E-state index contributed by atoms with van der Waals surface area (Å²) in [5.41, 5.74) is 2.26. The van der Waals surface area contributed by atoms with Crippen molar-refractivity contribution in [2.24, 2.45) is 0 Å². The first-order valence-electron chi connectivity index (χ1n) is 10.2. The Morgan fingerprint density at radius 2 is 1.58 bits per heavy atom. The average Bonchev–Trinajstić information content (AvgIpc) is 3.09. The molecule has 1 aliphatic heterocycles. The van der Waals surface area contributed by atoms with E-state index in [4.69, 9.17) is 9.47 Å². The first kappa shape index (κ1) is 21.9. The molecule has 3 aromatic carbocycles. The number of rotatable bonds is 7. The van der Waals surface area contributed by atoms with Crippen LogP contribution < -0.4 is 9.47 Å². The van der Waals surface area contributed by atoms with Gasteiger partial charge in [-0.25, -0.2) is 0 Å². The second kappa shape index (κ2) is 9.04. The molecule has 0 fully saturated rings. The molecule has 33 heavy (non-hydrogen) atoms. The molecule has 0 unspecified atom stereocenters. The van der Waals surface area contributed by atoms with Crippen LogP contribution in [0.15, 0.2) is 78.6 Å². The van der Waals surface area contributed by atoms with Crippen molar-refractivity contribution in [2.75, 3.05) is 14.2 Å². The van der Waals surface area contributed by atoms with E-state index in [1.54, 1.807) is 62.8 Å². The highest BCUT2D eigenvalue weighted by atomic mass is 16.6. The van der Waals surface area contributed by atoms with Crippen molar-refractivity contribution < 1.29 is 24.3 Å². The number of amides is 1. The molecule has 1 N–H and O–H groups in total. The van der Waals surface area contributed by atoms with Crippen molar-refractivity contribution in [2.45, 2.75) is 12.6 Å². The van der Waals surface area contributed by atoms with Crippen LogP contribution in [0.1, 0.15) is 22.7 Å². The summed E-state index contributed by atoms with van der Waals surface area (Å²) in [7, 11) is 3.12. The van der Waals surface area contributed by atoms with Crippen LogP contribution in [0.5, 0.6) is 11.5 Å². The second-order valence-electron chi connectivity index (χ2n) is 7.53. The lowest BCUT2D eigenvalue weighted by Crippen LogP contribution is -2.29. The smallest absolute Gasteiger partial charge is 0.290 e. The summed E-state index contributed by atoms with van der Waals surface area (Å²) in [6.07, 6.45) is 0. The molecule has 4 rings (SSSR count). The van der Waals surface area contributed by atoms with Crippen molar-refractivity contribution >= 4 is 17.2 Å². The van der Waals surface area contributed by atoms with Gasteiger partial charge >= 0.3 is 0 Å². The molecule has 1 aliphatic rings. The Hall–Kier alpha value is -4.33. The number of ether oxygens (including phenoxy) is 2. The van der Waals surface area contributed by atoms with Crippen LogP contribution in [-0.4, -0.2) is 35.1 Å². The maximum atomic E-state index is 13.2. The third-order valence-corrected chi connectivity index (χ3v) is 5.61. The van der Waals surface area contributed by atoms with Gasteiger partial charge in [0.1, 0.15) is 11.5 Å². The lowest BCUT2D eigenvalue weighted by atomic mass is 9.93. The van der Waals surface area contributed by atoms with Gasteiger partial charge in [0.05, 0.1) is 25.2 Å². The standard InChI is InChI=1S/C25H22N2O6/c1-32-20-10-6-16(7-11-20)15-26-23(18-4-3-5-19(14-18)27(30)31)22(24(28)25(26)29)17-8-12-21(33-2)13-9-17/h3-14,23,28H,15H2,1-2H3/t23-/m0/s1. The molecule has 3 aromatic rings. The monoisotopic (exact) mass is 446 g/mol. The maximum absolute atomic E-state index is 13.2. The molecule has 0 radical (unpaired) electrons. The van der Waals surface area contributed by atoms with Gasteiger partial charge in [-0.2, -0.15) is 0 Å². The summed E-state index contributed by atoms with van der Waals surface area (Å²) in [6, 6.07) is 19.6. The zero-order chi connectivity index (χ0) is 23.5. The molecule has 1 atom stereocenters. The van der Waals surface area contributed by atoms with Crippen LogP contribution in [0.2, 0.25) is 0 Å². The number of benzene rings is 3. The van der Waals surface area contributed by atoms with Crippen LogP contribution in [0.25, 0.3) is 5.57 Å². The van der Waals surface area contributed by atoms with E-state index < -0.39 is 16.9 Å². The first-order chi connectivity index (χ1) is 15.9. The number of hydrogen-bond donors (Lipinski definition) is 1.